The number of nitrogens with one attached hydrogen (secondary N) is 2. The Morgan fingerprint density at radius 2 is 1.47 bits per heavy atom. The maximum Gasteiger partial charge on any atom is 0.235 e. The largest absolute Gasteiger partial charge is 0.469 e. The number of anilines is 2. The van der Waals surface area contributed by atoms with E-state index in [4.69, 9.17) is 4.42 Å². The highest BCUT2D eigenvalue weighted by Gasteiger charge is 2.57. The fourth-order valence-electron chi connectivity index (χ4n) is 4.76. The van der Waals surface area contributed by atoms with Crippen LogP contribution in [0.5, 0.6) is 0 Å². The Labute approximate surface area is 198 Å². The first-order valence-electron chi connectivity index (χ1n) is 11.2. The van der Waals surface area contributed by atoms with Crippen LogP contribution in [0.4, 0.5) is 11.4 Å². The summed E-state index contributed by atoms with van der Waals surface area (Å²) in [6.45, 7) is 5.17. The van der Waals surface area contributed by atoms with Gasteiger partial charge in [-0.25, -0.2) is 0 Å². The number of ketones is 1. The summed E-state index contributed by atoms with van der Waals surface area (Å²) in [5, 5.41) is 17.0. The monoisotopic (exact) mass is 460 g/mol. The molecule has 7 heteroatoms. The number of carbonyl (C=O) groups is 3. The number of amides is 2. The van der Waals surface area contributed by atoms with Gasteiger partial charge >= 0.3 is 0 Å². The Morgan fingerprint density at radius 3 is 2.00 bits per heavy atom. The molecule has 4 unspecified atom stereocenters. The van der Waals surface area contributed by atoms with Gasteiger partial charge in [0.05, 0.1) is 23.7 Å². The van der Waals surface area contributed by atoms with Crippen LogP contribution in [0.3, 0.4) is 0 Å². The van der Waals surface area contributed by atoms with Gasteiger partial charge in [0.2, 0.25) is 11.8 Å². The van der Waals surface area contributed by atoms with Gasteiger partial charge in [-0.2, -0.15) is 0 Å². The molecule has 176 valence electrons. The Bertz CT molecular complexity index is 1220. The SMILES string of the molecule is Cc1ccccc1NC(=O)C1C(=O)CC(C)(O)C(C(=O)Nc2ccccc2C)C1c1ccco1. The predicted molar refractivity (Wildman–Crippen MR) is 128 cm³/mol. The fraction of sp³-hybridized carbons (Fsp3) is 0.296. The van der Waals surface area contributed by atoms with Crippen molar-refractivity contribution in [3.8, 4) is 0 Å². The molecule has 3 N–H and O–H groups in total. The fourth-order valence-corrected chi connectivity index (χ4v) is 4.76. The van der Waals surface area contributed by atoms with E-state index in [1.54, 1.807) is 36.4 Å². The molecule has 1 aliphatic rings. The molecule has 1 heterocycles. The second-order valence-electron chi connectivity index (χ2n) is 9.11. The minimum Gasteiger partial charge on any atom is -0.469 e. The van der Waals surface area contributed by atoms with E-state index < -0.39 is 41.0 Å². The van der Waals surface area contributed by atoms with Crippen molar-refractivity contribution in [1.29, 1.82) is 0 Å². The zero-order chi connectivity index (χ0) is 24.5. The zero-order valence-electron chi connectivity index (χ0n) is 19.4. The lowest BCUT2D eigenvalue weighted by atomic mass is 9.62. The minimum atomic E-state index is -1.68. The summed E-state index contributed by atoms with van der Waals surface area (Å²) >= 11 is 0. The Balaban J connectivity index is 1.74. The third kappa shape index (κ3) is 4.52. The van der Waals surface area contributed by atoms with E-state index in [1.807, 2.05) is 38.1 Å². The molecule has 1 aromatic heterocycles. The number of aryl methyl sites for hydroxylation is 2. The van der Waals surface area contributed by atoms with Crippen LogP contribution in [0.15, 0.2) is 71.3 Å². The van der Waals surface area contributed by atoms with Crippen LogP contribution >= 0.6 is 0 Å². The molecule has 2 aromatic carbocycles. The van der Waals surface area contributed by atoms with E-state index in [1.165, 1.54) is 13.2 Å². The third-order valence-corrected chi connectivity index (χ3v) is 6.51. The summed E-state index contributed by atoms with van der Waals surface area (Å²) in [6.07, 6.45) is 1.09. The molecule has 2 amide bonds. The summed E-state index contributed by atoms with van der Waals surface area (Å²) in [4.78, 5) is 40.2. The van der Waals surface area contributed by atoms with Crippen molar-refractivity contribution < 1.29 is 23.9 Å². The Hall–Kier alpha value is -3.71. The molecular weight excluding hydrogens is 432 g/mol. The van der Waals surface area contributed by atoms with Crippen LogP contribution in [0.25, 0.3) is 0 Å². The maximum atomic E-state index is 13.6. The number of hydrogen-bond acceptors (Lipinski definition) is 5. The van der Waals surface area contributed by atoms with Crippen LogP contribution in [0.2, 0.25) is 0 Å². The average molecular weight is 461 g/mol. The first kappa shape index (κ1) is 23.4. The lowest BCUT2D eigenvalue weighted by molar-refractivity contribution is -0.151. The summed E-state index contributed by atoms with van der Waals surface area (Å²) in [5.74, 6) is -4.48. The quantitative estimate of drug-likeness (QED) is 0.494. The van der Waals surface area contributed by atoms with E-state index in [9.17, 15) is 19.5 Å². The molecule has 4 atom stereocenters. The molecule has 0 radical (unpaired) electrons. The number of benzene rings is 2. The summed E-state index contributed by atoms with van der Waals surface area (Å²) < 4.78 is 5.60. The lowest BCUT2D eigenvalue weighted by Gasteiger charge is -2.43. The van der Waals surface area contributed by atoms with Crippen molar-refractivity contribution in [2.24, 2.45) is 11.8 Å². The highest BCUT2D eigenvalue weighted by Crippen LogP contribution is 2.46. The van der Waals surface area contributed by atoms with Crippen molar-refractivity contribution in [2.45, 2.75) is 38.7 Å². The number of para-hydroxylation sites is 2. The van der Waals surface area contributed by atoms with E-state index in [0.717, 1.165) is 11.1 Å². The van der Waals surface area contributed by atoms with Gasteiger partial charge in [0.15, 0.2) is 0 Å². The van der Waals surface area contributed by atoms with Gasteiger partial charge in [-0.3, -0.25) is 14.4 Å². The number of rotatable bonds is 5. The molecule has 0 spiro atoms. The van der Waals surface area contributed by atoms with E-state index in [2.05, 4.69) is 10.6 Å². The van der Waals surface area contributed by atoms with Crippen LogP contribution in [0.1, 0.15) is 36.1 Å². The molecule has 0 aliphatic heterocycles. The van der Waals surface area contributed by atoms with Crippen LogP contribution < -0.4 is 10.6 Å². The van der Waals surface area contributed by atoms with Crippen molar-refractivity contribution in [2.75, 3.05) is 10.6 Å². The van der Waals surface area contributed by atoms with Crippen LogP contribution in [-0.2, 0) is 14.4 Å². The topological polar surface area (TPSA) is 109 Å². The number of hydrogen-bond donors (Lipinski definition) is 3. The van der Waals surface area contributed by atoms with Crippen molar-refractivity contribution in [3.05, 3.63) is 83.8 Å². The smallest absolute Gasteiger partial charge is 0.235 e. The van der Waals surface area contributed by atoms with Crippen molar-refractivity contribution in [3.63, 3.8) is 0 Å². The van der Waals surface area contributed by atoms with Gasteiger partial charge in [0.1, 0.15) is 17.5 Å². The summed E-state index contributed by atoms with van der Waals surface area (Å²) in [6, 6.07) is 17.8. The number of carbonyl (C=O) groups excluding carboxylic acids is 3. The lowest BCUT2D eigenvalue weighted by Crippen LogP contribution is -2.56. The third-order valence-electron chi connectivity index (χ3n) is 6.51. The standard InChI is InChI=1S/C27H28N2O5/c1-16-9-4-6-11-18(16)28-25(31)22-20(30)15-27(3,33)24(23(22)21-13-8-14-34-21)26(32)29-19-12-7-5-10-17(19)2/h4-14,22-24,33H,15H2,1-3H3,(H,28,31)(H,29,32). The second-order valence-corrected chi connectivity index (χ2v) is 9.11. The molecule has 1 saturated carbocycles. The second kappa shape index (κ2) is 9.27. The maximum absolute atomic E-state index is 13.6. The Kier molecular flexibility index (Phi) is 6.39. The molecule has 34 heavy (non-hydrogen) atoms. The number of aliphatic hydroxyl groups is 1. The van der Waals surface area contributed by atoms with Gasteiger partial charge in [-0.1, -0.05) is 36.4 Å². The Morgan fingerprint density at radius 1 is 0.912 bits per heavy atom. The van der Waals surface area contributed by atoms with E-state index >= 15 is 0 Å². The van der Waals surface area contributed by atoms with Crippen LogP contribution in [-0.4, -0.2) is 28.3 Å². The van der Waals surface area contributed by atoms with Gasteiger partial charge in [-0.15, -0.1) is 0 Å². The molecular formula is C27H28N2O5. The highest BCUT2D eigenvalue weighted by molar-refractivity contribution is 6.10. The first-order chi connectivity index (χ1) is 16.2. The molecule has 1 fully saturated rings. The van der Waals surface area contributed by atoms with Crippen LogP contribution in [0, 0.1) is 25.7 Å². The summed E-state index contributed by atoms with van der Waals surface area (Å²) in [5.41, 5.74) is 1.19. The van der Waals surface area contributed by atoms with Gasteiger partial charge in [0.25, 0.3) is 0 Å². The molecule has 0 bridgehead atoms. The normalized spacial score (nSPS) is 24.5. The van der Waals surface area contributed by atoms with Gasteiger partial charge in [0, 0.05) is 17.8 Å². The highest BCUT2D eigenvalue weighted by atomic mass is 16.3. The van der Waals surface area contributed by atoms with E-state index in [0.29, 0.717) is 17.1 Å². The predicted octanol–water partition coefficient (Wildman–Crippen LogP) is 4.21. The molecule has 7 nitrogen and oxygen atoms in total. The minimum absolute atomic E-state index is 0.295. The van der Waals surface area contributed by atoms with Gasteiger partial charge in [-0.05, 0) is 56.2 Å². The average Bonchev–Trinajstić information content (AvgIpc) is 3.30. The van der Waals surface area contributed by atoms with Crippen molar-refractivity contribution >= 4 is 29.0 Å². The molecule has 0 saturated heterocycles. The summed E-state index contributed by atoms with van der Waals surface area (Å²) in [7, 11) is 0. The van der Waals surface area contributed by atoms with E-state index in [-0.39, 0.29) is 6.42 Å². The zero-order valence-corrected chi connectivity index (χ0v) is 19.4. The molecule has 4 rings (SSSR count). The van der Waals surface area contributed by atoms with Gasteiger partial charge < -0.3 is 20.2 Å². The molecule has 1 aliphatic carbocycles. The number of Topliss-reactive ketones (excluding diaryl/α,β-unsaturated/α-hetero) is 1. The molecule has 3 aromatic rings. The van der Waals surface area contributed by atoms with Crippen molar-refractivity contribution in [1.82, 2.24) is 0 Å². The number of furan rings is 1. The first-order valence-corrected chi connectivity index (χ1v) is 11.2.